The normalized spacial score (nSPS) is 25.4. The van der Waals surface area contributed by atoms with Crippen molar-refractivity contribution in [2.75, 3.05) is 25.2 Å². The summed E-state index contributed by atoms with van der Waals surface area (Å²) in [5, 5.41) is 0. The minimum atomic E-state index is -0.638. The van der Waals surface area contributed by atoms with Crippen molar-refractivity contribution in [1.82, 2.24) is 0 Å². The molecule has 0 aliphatic carbocycles. The lowest BCUT2D eigenvalue weighted by atomic mass is 10.1. The van der Waals surface area contributed by atoms with Gasteiger partial charge in [0.2, 0.25) is 0 Å². The molecule has 3 atom stereocenters. The Labute approximate surface area is 160 Å². The van der Waals surface area contributed by atoms with E-state index in [1.807, 2.05) is 6.07 Å². The van der Waals surface area contributed by atoms with Gasteiger partial charge in [-0.15, -0.1) is 23.5 Å². The largest absolute Gasteiger partial charge is 0.463 e. The minimum absolute atomic E-state index is 0.00998. The topological polar surface area (TPSA) is 71.1 Å². The summed E-state index contributed by atoms with van der Waals surface area (Å²) < 4.78 is 22.3. The molecule has 8 heteroatoms. The summed E-state index contributed by atoms with van der Waals surface area (Å²) in [4.78, 5) is 25.6. The number of carbonyl (C=O) groups excluding carboxylic acids is 2. The maximum Gasteiger partial charge on any atom is 0.338 e. The van der Waals surface area contributed by atoms with E-state index in [1.54, 1.807) is 54.9 Å². The molecule has 0 radical (unpaired) electrons. The van der Waals surface area contributed by atoms with Crippen LogP contribution in [0.4, 0.5) is 0 Å². The van der Waals surface area contributed by atoms with E-state index in [0.717, 1.165) is 21.3 Å². The maximum absolute atomic E-state index is 12.6. The van der Waals surface area contributed by atoms with Gasteiger partial charge in [-0.05, 0) is 12.1 Å². The van der Waals surface area contributed by atoms with Crippen LogP contribution < -0.4 is 0 Å². The van der Waals surface area contributed by atoms with Gasteiger partial charge < -0.3 is 18.9 Å². The number of hydrogen-bond acceptors (Lipinski definition) is 8. The number of esters is 2. The number of benzene rings is 1. The van der Waals surface area contributed by atoms with Gasteiger partial charge in [-0.1, -0.05) is 18.2 Å². The minimum Gasteiger partial charge on any atom is -0.463 e. The average molecular weight is 396 g/mol. The summed E-state index contributed by atoms with van der Waals surface area (Å²) >= 11 is 3.27. The Hall–Kier alpha value is -1.48. The highest BCUT2D eigenvalue weighted by molar-refractivity contribution is 8.10. The second kappa shape index (κ2) is 8.94. The summed E-state index contributed by atoms with van der Waals surface area (Å²) in [5.41, 5.74) is 0.461. The zero-order chi connectivity index (χ0) is 18.5. The van der Waals surface area contributed by atoms with Gasteiger partial charge in [0.1, 0.15) is 12.7 Å². The van der Waals surface area contributed by atoms with Crippen LogP contribution in [0.2, 0.25) is 0 Å². The van der Waals surface area contributed by atoms with Crippen molar-refractivity contribution < 1.29 is 28.5 Å². The number of rotatable bonds is 5. The second-order valence-corrected chi connectivity index (χ2v) is 7.94. The van der Waals surface area contributed by atoms with Crippen molar-refractivity contribution in [2.45, 2.75) is 25.4 Å². The average Bonchev–Trinajstić information content (AvgIpc) is 2.67. The van der Waals surface area contributed by atoms with Crippen molar-refractivity contribution >= 4 is 35.5 Å². The molecule has 0 saturated carbocycles. The molecule has 140 valence electrons. The molecule has 0 fully saturated rings. The van der Waals surface area contributed by atoms with Gasteiger partial charge in [0.25, 0.3) is 0 Å². The van der Waals surface area contributed by atoms with Gasteiger partial charge in [0.05, 0.1) is 10.5 Å². The lowest BCUT2D eigenvalue weighted by Gasteiger charge is -2.39. The molecule has 26 heavy (non-hydrogen) atoms. The Morgan fingerprint density at radius 3 is 2.50 bits per heavy atom. The Bertz CT molecular complexity index is 690. The van der Waals surface area contributed by atoms with E-state index in [9.17, 15) is 9.59 Å². The van der Waals surface area contributed by atoms with E-state index < -0.39 is 30.4 Å². The molecule has 0 unspecified atom stereocenters. The number of thioether (sulfide) groups is 2. The SMILES string of the molecule is CO[C@@H]1O[C@@H](COC(C)=O)[C@@H](OC(=O)c2ccccc2)C2=C1SCCS2. The molecule has 6 nitrogen and oxygen atoms in total. The van der Waals surface area contributed by atoms with E-state index in [0.29, 0.717) is 5.56 Å². The Morgan fingerprint density at radius 2 is 1.85 bits per heavy atom. The van der Waals surface area contributed by atoms with Crippen LogP contribution in [-0.4, -0.2) is 55.7 Å². The first kappa shape index (κ1) is 19.3. The molecule has 1 aromatic carbocycles. The van der Waals surface area contributed by atoms with Gasteiger partial charge in [0.15, 0.2) is 12.4 Å². The molecular weight excluding hydrogens is 376 g/mol. The first-order chi connectivity index (χ1) is 12.6. The van der Waals surface area contributed by atoms with E-state index in [4.69, 9.17) is 18.9 Å². The summed E-state index contributed by atoms with van der Waals surface area (Å²) in [6, 6.07) is 8.79. The summed E-state index contributed by atoms with van der Waals surface area (Å²) in [5.74, 6) is 0.979. The molecule has 3 rings (SSSR count). The van der Waals surface area contributed by atoms with Crippen LogP contribution in [-0.2, 0) is 23.7 Å². The quantitative estimate of drug-likeness (QED) is 0.704. The van der Waals surface area contributed by atoms with Gasteiger partial charge in [-0.2, -0.15) is 0 Å². The fraction of sp³-hybridized carbons (Fsp3) is 0.444. The molecule has 0 bridgehead atoms. The van der Waals surface area contributed by atoms with Gasteiger partial charge in [0, 0.05) is 30.4 Å². The number of methoxy groups -OCH3 is 1. The summed E-state index contributed by atoms with van der Waals surface area (Å²) in [6.45, 7) is 1.32. The van der Waals surface area contributed by atoms with Gasteiger partial charge in [-0.3, -0.25) is 4.79 Å². The fourth-order valence-electron chi connectivity index (χ4n) is 2.69. The highest BCUT2D eigenvalue weighted by atomic mass is 32.2. The van der Waals surface area contributed by atoms with E-state index >= 15 is 0 Å². The maximum atomic E-state index is 12.6. The van der Waals surface area contributed by atoms with Crippen molar-refractivity contribution in [3.63, 3.8) is 0 Å². The van der Waals surface area contributed by atoms with Crippen molar-refractivity contribution in [2.24, 2.45) is 0 Å². The fourth-order valence-corrected chi connectivity index (χ4v) is 5.30. The molecule has 0 saturated heterocycles. The summed E-state index contributed by atoms with van der Waals surface area (Å²) in [6.07, 6.45) is -1.81. The standard InChI is InChI=1S/C18H20O6S2/c1-11(19)22-10-13-14(24-17(20)12-6-4-3-5-7-12)15-16(18(21-2)23-13)26-9-8-25-15/h3-7,13-14,18H,8-10H2,1-2H3/t13-,14+,18+/m0/s1. The molecule has 1 aromatic rings. The second-order valence-electron chi connectivity index (χ2n) is 5.66. The third kappa shape index (κ3) is 4.43. The van der Waals surface area contributed by atoms with Crippen LogP contribution >= 0.6 is 23.5 Å². The first-order valence-corrected chi connectivity index (χ1v) is 10.1. The predicted octanol–water partition coefficient (Wildman–Crippen LogP) is 2.84. The van der Waals surface area contributed by atoms with Gasteiger partial charge in [-0.25, -0.2) is 4.79 Å². The third-order valence-electron chi connectivity index (χ3n) is 3.86. The van der Waals surface area contributed by atoms with Crippen LogP contribution in [0, 0.1) is 0 Å². The molecule has 0 amide bonds. The van der Waals surface area contributed by atoms with Crippen LogP contribution in [0.5, 0.6) is 0 Å². The molecule has 0 aromatic heterocycles. The van der Waals surface area contributed by atoms with Crippen LogP contribution in [0.1, 0.15) is 17.3 Å². The van der Waals surface area contributed by atoms with E-state index in [2.05, 4.69) is 0 Å². The highest BCUT2D eigenvalue weighted by Crippen LogP contribution is 2.44. The van der Waals surface area contributed by atoms with E-state index in [1.165, 1.54) is 6.92 Å². The zero-order valence-electron chi connectivity index (χ0n) is 14.5. The van der Waals surface area contributed by atoms with Crippen LogP contribution in [0.25, 0.3) is 0 Å². The number of carbonyl (C=O) groups is 2. The molecule has 0 N–H and O–H groups in total. The van der Waals surface area contributed by atoms with Crippen molar-refractivity contribution in [3.8, 4) is 0 Å². The third-order valence-corrected chi connectivity index (χ3v) is 6.55. The predicted molar refractivity (Wildman–Crippen MR) is 99.9 cm³/mol. The Balaban J connectivity index is 1.87. The molecule has 2 heterocycles. The lowest BCUT2D eigenvalue weighted by Crippen LogP contribution is -2.46. The highest BCUT2D eigenvalue weighted by Gasteiger charge is 2.42. The molecular formula is C18H20O6S2. The monoisotopic (exact) mass is 396 g/mol. The molecule has 0 spiro atoms. The van der Waals surface area contributed by atoms with Gasteiger partial charge >= 0.3 is 11.9 Å². The molecule has 2 aliphatic heterocycles. The van der Waals surface area contributed by atoms with Crippen molar-refractivity contribution in [1.29, 1.82) is 0 Å². The lowest BCUT2D eigenvalue weighted by molar-refractivity contribution is -0.182. The first-order valence-electron chi connectivity index (χ1n) is 8.17. The Morgan fingerprint density at radius 1 is 1.15 bits per heavy atom. The van der Waals surface area contributed by atoms with Crippen LogP contribution in [0.15, 0.2) is 40.1 Å². The smallest absolute Gasteiger partial charge is 0.338 e. The van der Waals surface area contributed by atoms with Crippen LogP contribution in [0.3, 0.4) is 0 Å². The zero-order valence-corrected chi connectivity index (χ0v) is 16.1. The van der Waals surface area contributed by atoms with E-state index in [-0.39, 0.29) is 6.61 Å². The molecule has 2 aliphatic rings. The summed E-state index contributed by atoms with van der Waals surface area (Å²) in [7, 11) is 1.56. The number of hydrogen-bond donors (Lipinski definition) is 0. The number of ether oxygens (including phenoxy) is 4. The van der Waals surface area contributed by atoms with Crippen molar-refractivity contribution in [3.05, 3.63) is 45.7 Å². The Kier molecular flexibility index (Phi) is 6.63.